The van der Waals surface area contributed by atoms with Gasteiger partial charge in [-0.2, -0.15) is 0 Å². The van der Waals surface area contributed by atoms with Gasteiger partial charge in [0, 0.05) is 19.3 Å². The highest BCUT2D eigenvalue weighted by molar-refractivity contribution is 5.85. The number of hydrogen-bond acceptors (Lipinski definition) is 4. The van der Waals surface area contributed by atoms with Crippen molar-refractivity contribution in [2.45, 2.75) is 20.3 Å². The van der Waals surface area contributed by atoms with E-state index < -0.39 is 5.97 Å². The Balaban J connectivity index is 2.21. The maximum atomic E-state index is 10.9. The van der Waals surface area contributed by atoms with Crippen LogP contribution in [0, 0.1) is 11.8 Å². The number of rotatable bonds is 2. The van der Waals surface area contributed by atoms with E-state index in [-0.39, 0.29) is 5.69 Å². The van der Waals surface area contributed by atoms with Gasteiger partial charge in [0.15, 0.2) is 5.69 Å². The van der Waals surface area contributed by atoms with Crippen LogP contribution in [0.2, 0.25) is 0 Å². The molecular formula is C12H17N3O2. The molecule has 1 aromatic heterocycles. The Bertz CT molecular complexity index is 412. The summed E-state index contributed by atoms with van der Waals surface area (Å²) >= 11 is 0. The molecule has 0 radical (unpaired) electrons. The molecule has 5 nitrogen and oxygen atoms in total. The first-order valence-electron chi connectivity index (χ1n) is 5.87. The third kappa shape index (κ3) is 2.72. The Hall–Kier alpha value is -1.65. The average Bonchev–Trinajstić information content (AvgIpc) is 2.28. The lowest BCUT2D eigenvalue weighted by atomic mass is 9.92. The number of carbonyl (C=O) groups is 1. The van der Waals surface area contributed by atoms with Crippen molar-refractivity contribution < 1.29 is 9.90 Å². The number of carboxylic acid groups (broad SMARTS) is 1. The molecule has 0 aliphatic carbocycles. The maximum absolute atomic E-state index is 10.9. The monoisotopic (exact) mass is 235 g/mol. The molecule has 0 spiro atoms. The van der Waals surface area contributed by atoms with Gasteiger partial charge in [0.05, 0.1) is 0 Å². The van der Waals surface area contributed by atoms with Crippen molar-refractivity contribution in [2.24, 2.45) is 11.8 Å². The van der Waals surface area contributed by atoms with Crippen molar-refractivity contribution in [3.05, 3.63) is 18.0 Å². The largest absolute Gasteiger partial charge is 0.477 e. The lowest BCUT2D eigenvalue weighted by molar-refractivity contribution is 0.0690. The van der Waals surface area contributed by atoms with Gasteiger partial charge < -0.3 is 10.0 Å². The summed E-state index contributed by atoms with van der Waals surface area (Å²) in [7, 11) is 0. The van der Waals surface area contributed by atoms with Crippen molar-refractivity contribution in [1.82, 2.24) is 9.97 Å². The van der Waals surface area contributed by atoms with Crippen LogP contribution < -0.4 is 4.90 Å². The highest BCUT2D eigenvalue weighted by Gasteiger charge is 2.24. The van der Waals surface area contributed by atoms with Crippen LogP contribution in [0.3, 0.4) is 0 Å². The number of nitrogens with zero attached hydrogens (tertiary/aromatic N) is 3. The van der Waals surface area contributed by atoms with E-state index in [2.05, 4.69) is 28.7 Å². The summed E-state index contributed by atoms with van der Waals surface area (Å²) in [4.78, 5) is 21.2. The van der Waals surface area contributed by atoms with Gasteiger partial charge in [-0.25, -0.2) is 14.8 Å². The predicted molar refractivity (Wildman–Crippen MR) is 64.1 cm³/mol. The Labute approximate surface area is 100 Å². The van der Waals surface area contributed by atoms with Gasteiger partial charge in [-0.15, -0.1) is 0 Å². The minimum atomic E-state index is -1.01. The molecule has 1 fully saturated rings. The fourth-order valence-corrected chi connectivity index (χ4v) is 2.45. The van der Waals surface area contributed by atoms with Crippen molar-refractivity contribution in [2.75, 3.05) is 18.0 Å². The van der Waals surface area contributed by atoms with E-state index in [9.17, 15) is 4.79 Å². The lowest BCUT2D eigenvalue weighted by Gasteiger charge is -2.34. The lowest BCUT2D eigenvalue weighted by Crippen LogP contribution is -2.39. The van der Waals surface area contributed by atoms with E-state index >= 15 is 0 Å². The number of anilines is 1. The molecule has 0 bridgehead atoms. The standard InChI is InChI=1S/C12H17N3O2/c1-8-5-9(2)7-15(6-8)12-13-4-3-10(14-12)11(16)17/h3-4,8-9H,5-7H2,1-2H3,(H,16,17). The van der Waals surface area contributed by atoms with E-state index in [0.717, 1.165) is 13.1 Å². The van der Waals surface area contributed by atoms with Crippen LogP contribution in [0.4, 0.5) is 5.95 Å². The van der Waals surface area contributed by atoms with Gasteiger partial charge >= 0.3 is 5.97 Å². The molecule has 0 aromatic carbocycles. The fraction of sp³-hybridized carbons (Fsp3) is 0.583. The van der Waals surface area contributed by atoms with E-state index in [0.29, 0.717) is 17.8 Å². The van der Waals surface area contributed by atoms with Gasteiger partial charge in [0.25, 0.3) is 0 Å². The fourth-order valence-electron chi connectivity index (χ4n) is 2.45. The summed E-state index contributed by atoms with van der Waals surface area (Å²) in [6, 6.07) is 1.42. The zero-order chi connectivity index (χ0) is 12.4. The molecule has 0 amide bonds. The van der Waals surface area contributed by atoms with E-state index in [1.807, 2.05) is 0 Å². The first kappa shape index (κ1) is 11.8. The summed E-state index contributed by atoms with van der Waals surface area (Å²) in [5, 5.41) is 8.90. The molecule has 2 rings (SSSR count). The van der Waals surface area contributed by atoms with Crippen molar-refractivity contribution in [3.8, 4) is 0 Å². The SMILES string of the molecule is CC1CC(C)CN(c2nccc(C(=O)O)n2)C1. The first-order valence-corrected chi connectivity index (χ1v) is 5.87. The summed E-state index contributed by atoms with van der Waals surface area (Å²) in [6.45, 7) is 6.19. The molecule has 92 valence electrons. The Morgan fingerprint density at radius 2 is 2.06 bits per heavy atom. The van der Waals surface area contributed by atoms with Crippen LogP contribution in [0.1, 0.15) is 30.8 Å². The third-order valence-electron chi connectivity index (χ3n) is 3.01. The van der Waals surface area contributed by atoms with Crippen LogP contribution in [0.15, 0.2) is 12.3 Å². The summed E-state index contributed by atoms with van der Waals surface area (Å²) in [6.07, 6.45) is 2.71. The Morgan fingerprint density at radius 1 is 1.41 bits per heavy atom. The van der Waals surface area contributed by atoms with Crippen LogP contribution in [0.25, 0.3) is 0 Å². The summed E-state index contributed by atoms with van der Waals surface area (Å²) < 4.78 is 0. The smallest absolute Gasteiger partial charge is 0.354 e. The third-order valence-corrected chi connectivity index (χ3v) is 3.01. The molecule has 1 aromatic rings. The number of aromatic nitrogens is 2. The minimum Gasteiger partial charge on any atom is -0.477 e. The molecule has 5 heteroatoms. The number of hydrogen-bond donors (Lipinski definition) is 1. The highest BCUT2D eigenvalue weighted by Crippen LogP contribution is 2.23. The second-order valence-corrected chi connectivity index (χ2v) is 4.90. The van der Waals surface area contributed by atoms with Gasteiger partial charge in [-0.3, -0.25) is 0 Å². The minimum absolute atomic E-state index is 0.0564. The molecule has 1 N–H and O–H groups in total. The van der Waals surface area contributed by atoms with E-state index in [4.69, 9.17) is 5.11 Å². The van der Waals surface area contributed by atoms with Crippen LogP contribution >= 0.6 is 0 Å². The van der Waals surface area contributed by atoms with Gasteiger partial charge in [0.2, 0.25) is 5.95 Å². The molecular weight excluding hydrogens is 218 g/mol. The number of aromatic carboxylic acids is 1. The molecule has 2 atom stereocenters. The topological polar surface area (TPSA) is 66.3 Å². The molecule has 1 aliphatic heterocycles. The normalized spacial score (nSPS) is 24.7. The Morgan fingerprint density at radius 3 is 2.65 bits per heavy atom. The van der Waals surface area contributed by atoms with Gasteiger partial charge in [-0.05, 0) is 24.3 Å². The Kier molecular flexibility index (Phi) is 3.26. The first-order chi connectivity index (χ1) is 8.06. The quantitative estimate of drug-likeness (QED) is 0.844. The number of carboxylic acids is 1. The number of piperidine rings is 1. The second kappa shape index (κ2) is 4.69. The van der Waals surface area contributed by atoms with Gasteiger partial charge in [-0.1, -0.05) is 13.8 Å². The second-order valence-electron chi connectivity index (χ2n) is 4.90. The molecule has 17 heavy (non-hydrogen) atoms. The summed E-state index contributed by atoms with van der Waals surface area (Å²) in [5.41, 5.74) is 0.0564. The molecule has 2 heterocycles. The van der Waals surface area contributed by atoms with Crippen LogP contribution in [0.5, 0.6) is 0 Å². The average molecular weight is 235 g/mol. The summed E-state index contributed by atoms with van der Waals surface area (Å²) in [5.74, 6) is 0.710. The predicted octanol–water partition coefficient (Wildman–Crippen LogP) is 1.66. The van der Waals surface area contributed by atoms with Crippen molar-refractivity contribution in [1.29, 1.82) is 0 Å². The zero-order valence-electron chi connectivity index (χ0n) is 10.1. The van der Waals surface area contributed by atoms with Crippen molar-refractivity contribution >= 4 is 11.9 Å². The molecule has 0 saturated carbocycles. The highest BCUT2D eigenvalue weighted by atomic mass is 16.4. The van der Waals surface area contributed by atoms with E-state index in [1.165, 1.54) is 18.7 Å². The van der Waals surface area contributed by atoms with Crippen LogP contribution in [-0.2, 0) is 0 Å². The molecule has 2 unspecified atom stereocenters. The zero-order valence-corrected chi connectivity index (χ0v) is 10.1. The maximum Gasteiger partial charge on any atom is 0.354 e. The molecule has 1 saturated heterocycles. The van der Waals surface area contributed by atoms with E-state index in [1.54, 1.807) is 0 Å². The van der Waals surface area contributed by atoms with Crippen molar-refractivity contribution in [3.63, 3.8) is 0 Å². The van der Waals surface area contributed by atoms with Crippen LogP contribution in [-0.4, -0.2) is 34.1 Å². The van der Waals surface area contributed by atoms with Gasteiger partial charge in [0.1, 0.15) is 0 Å². The molecule has 1 aliphatic rings.